The Labute approximate surface area is 131 Å². The molecule has 0 radical (unpaired) electrons. The Kier molecular flexibility index (Phi) is 4.31. The van der Waals surface area contributed by atoms with Crippen molar-refractivity contribution in [1.82, 2.24) is 14.7 Å². The first-order valence-corrected chi connectivity index (χ1v) is 7.72. The summed E-state index contributed by atoms with van der Waals surface area (Å²) in [5, 5.41) is 13.5. The minimum absolute atomic E-state index is 0.161. The molecule has 0 saturated heterocycles. The zero-order chi connectivity index (χ0) is 16.7. The lowest BCUT2D eigenvalue weighted by atomic mass is 10.1. The number of amides is 1. The van der Waals surface area contributed by atoms with E-state index in [2.05, 4.69) is 5.10 Å². The van der Waals surface area contributed by atoms with Crippen LogP contribution in [0.2, 0.25) is 0 Å². The fourth-order valence-electron chi connectivity index (χ4n) is 2.56. The van der Waals surface area contributed by atoms with Crippen molar-refractivity contribution in [2.75, 3.05) is 6.54 Å². The molecule has 0 aliphatic heterocycles. The van der Waals surface area contributed by atoms with E-state index in [1.807, 2.05) is 32.4 Å². The van der Waals surface area contributed by atoms with Gasteiger partial charge < -0.3 is 10.0 Å². The molecule has 1 aliphatic rings. The van der Waals surface area contributed by atoms with Crippen LogP contribution in [0.15, 0.2) is 6.07 Å². The van der Waals surface area contributed by atoms with Crippen LogP contribution in [0.3, 0.4) is 0 Å². The average molecular weight is 307 g/mol. The number of carboxylic acids is 1. The highest BCUT2D eigenvalue weighted by molar-refractivity contribution is 5.93. The zero-order valence-electron chi connectivity index (χ0n) is 14.0. The lowest BCUT2D eigenvalue weighted by Crippen LogP contribution is -2.39. The molecule has 1 aliphatic carbocycles. The van der Waals surface area contributed by atoms with Gasteiger partial charge in [-0.3, -0.25) is 14.3 Å². The van der Waals surface area contributed by atoms with Gasteiger partial charge >= 0.3 is 5.97 Å². The quantitative estimate of drug-likeness (QED) is 0.905. The van der Waals surface area contributed by atoms with E-state index in [9.17, 15) is 9.59 Å². The monoisotopic (exact) mass is 307 g/mol. The number of hydrogen-bond donors (Lipinski definition) is 1. The Balaban J connectivity index is 2.23. The molecule has 0 bridgehead atoms. The molecule has 1 amide bonds. The molecule has 1 saturated carbocycles. The van der Waals surface area contributed by atoms with Crippen molar-refractivity contribution < 1.29 is 14.7 Å². The number of carboxylic acid groups (broad SMARTS) is 1. The molecule has 1 fully saturated rings. The predicted octanol–water partition coefficient (Wildman–Crippen LogP) is 2.27. The Morgan fingerprint density at radius 3 is 2.45 bits per heavy atom. The molecule has 0 aromatic carbocycles. The van der Waals surface area contributed by atoms with Crippen molar-refractivity contribution in [2.24, 2.45) is 5.92 Å². The summed E-state index contributed by atoms with van der Waals surface area (Å²) in [7, 11) is 0. The lowest BCUT2D eigenvalue weighted by molar-refractivity contribution is -0.141. The SMILES string of the molecule is Cc1cc(C(=O)N(C[C@H](C)C(=O)O)C2CC2)nn1C(C)(C)C. The van der Waals surface area contributed by atoms with Crippen LogP contribution in [0, 0.1) is 12.8 Å². The lowest BCUT2D eigenvalue weighted by Gasteiger charge is -2.24. The second-order valence-electron chi connectivity index (χ2n) is 7.18. The molecule has 6 nitrogen and oxygen atoms in total. The molecule has 6 heteroatoms. The van der Waals surface area contributed by atoms with Gasteiger partial charge in [-0.15, -0.1) is 0 Å². The molecule has 122 valence electrons. The van der Waals surface area contributed by atoms with Crippen molar-refractivity contribution in [3.05, 3.63) is 17.5 Å². The van der Waals surface area contributed by atoms with Gasteiger partial charge in [-0.2, -0.15) is 5.10 Å². The average Bonchev–Trinajstić information content (AvgIpc) is 3.15. The number of rotatable bonds is 5. The summed E-state index contributed by atoms with van der Waals surface area (Å²) in [6.45, 7) is 9.89. The van der Waals surface area contributed by atoms with Crippen LogP contribution in [0.5, 0.6) is 0 Å². The van der Waals surface area contributed by atoms with E-state index < -0.39 is 11.9 Å². The Bertz CT molecular complexity index is 582. The van der Waals surface area contributed by atoms with Crippen molar-refractivity contribution >= 4 is 11.9 Å². The number of carbonyl (C=O) groups is 2. The van der Waals surface area contributed by atoms with Crippen molar-refractivity contribution in [3.63, 3.8) is 0 Å². The minimum Gasteiger partial charge on any atom is -0.481 e. The van der Waals surface area contributed by atoms with Crippen LogP contribution in [0.4, 0.5) is 0 Å². The molecule has 1 N–H and O–H groups in total. The fraction of sp³-hybridized carbons (Fsp3) is 0.688. The maximum atomic E-state index is 12.7. The van der Waals surface area contributed by atoms with Gasteiger partial charge in [-0.1, -0.05) is 6.92 Å². The highest BCUT2D eigenvalue weighted by Gasteiger charge is 2.36. The first kappa shape index (κ1) is 16.5. The molecular weight excluding hydrogens is 282 g/mol. The van der Waals surface area contributed by atoms with Crippen molar-refractivity contribution in [2.45, 2.75) is 59.0 Å². The normalized spacial score (nSPS) is 16.4. The Hall–Kier alpha value is -1.85. The van der Waals surface area contributed by atoms with Gasteiger partial charge in [0.1, 0.15) is 0 Å². The zero-order valence-corrected chi connectivity index (χ0v) is 14.0. The maximum absolute atomic E-state index is 12.7. The van der Waals surface area contributed by atoms with Crippen molar-refractivity contribution in [3.8, 4) is 0 Å². The van der Waals surface area contributed by atoms with Gasteiger partial charge in [0.2, 0.25) is 0 Å². The van der Waals surface area contributed by atoms with E-state index in [4.69, 9.17) is 5.11 Å². The molecule has 22 heavy (non-hydrogen) atoms. The molecule has 1 heterocycles. The molecule has 1 aromatic rings. The summed E-state index contributed by atoms with van der Waals surface area (Å²) in [6.07, 6.45) is 1.88. The smallest absolute Gasteiger partial charge is 0.308 e. The molecular formula is C16H25N3O3. The first-order chi connectivity index (χ1) is 10.1. The second kappa shape index (κ2) is 5.74. The molecule has 0 unspecified atom stereocenters. The van der Waals surface area contributed by atoms with E-state index in [1.54, 1.807) is 17.9 Å². The van der Waals surface area contributed by atoms with Crippen LogP contribution in [0.25, 0.3) is 0 Å². The van der Waals surface area contributed by atoms with Gasteiger partial charge in [0.05, 0.1) is 11.5 Å². The molecule has 2 rings (SSSR count). The topological polar surface area (TPSA) is 75.4 Å². The van der Waals surface area contributed by atoms with E-state index in [0.29, 0.717) is 5.69 Å². The van der Waals surface area contributed by atoms with E-state index in [1.165, 1.54) is 0 Å². The van der Waals surface area contributed by atoms with Crippen LogP contribution >= 0.6 is 0 Å². The van der Waals surface area contributed by atoms with Gasteiger partial charge in [0, 0.05) is 18.3 Å². The van der Waals surface area contributed by atoms with E-state index in [0.717, 1.165) is 18.5 Å². The number of aliphatic carboxylic acids is 1. The number of carbonyl (C=O) groups excluding carboxylic acids is 1. The minimum atomic E-state index is -0.880. The summed E-state index contributed by atoms with van der Waals surface area (Å²) in [6, 6.07) is 1.95. The van der Waals surface area contributed by atoms with Crippen molar-refractivity contribution in [1.29, 1.82) is 0 Å². The van der Waals surface area contributed by atoms with E-state index >= 15 is 0 Å². The molecule has 1 atom stereocenters. The van der Waals surface area contributed by atoms with Crippen LogP contribution in [-0.2, 0) is 10.3 Å². The summed E-state index contributed by atoms with van der Waals surface area (Å²) in [5.74, 6) is -1.62. The number of aromatic nitrogens is 2. The second-order valence-corrected chi connectivity index (χ2v) is 7.18. The highest BCUT2D eigenvalue weighted by Crippen LogP contribution is 2.29. The maximum Gasteiger partial charge on any atom is 0.308 e. The summed E-state index contributed by atoms with van der Waals surface area (Å²) >= 11 is 0. The van der Waals surface area contributed by atoms with Gasteiger partial charge in [-0.05, 0) is 46.6 Å². The van der Waals surface area contributed by atoms with Gasteiger partial charge in [0.15, 0.2) is 5.69 Å². The number of aryl methyl sites for hydroxylation is 1. The number of hydrogen-bond acceptors (Lipinski definition) is 3. The first-order valence-electron chi connectivity index (χ1n) is 7.72. The summed E-state index contributed by atoms with van der Waals surface area (Å²) in [4.78, 5) is 25.5. The Morgan fingerprint density at radius 2 is 2.05 bits per heavy atom. The third-order valence-electron chi connectivity index (χ3n) is 3.88. The molecule has 1 aromatic heterocycles. The van der Waals surface area contributed by atoms with Crippen LogP contribution in [0.1, 0.15) is 56.7 Å². The van der Waals surface area contributed by atoms with Crippen LogP contribution in [-0.4, -0.2) is 44.3 Å². The predicted molar refractivity (Wildman–Crippen MR) is 82.8 cm³/mol. The standard InChI is InChI=1S/C16H25N3O3/c1-10(15(21)22)9-18(12-6-7-12)14(20)13-8-11(2)19(17-13)16(3,4)5/h8,10,12H,6-7,9H2,1-5H3,(H,21,22)/t10-/m0/s1. The van der Waals surface area contributed by atoms with Gasteiger partial charge in [0.25, 0.3) is 5.91 Å². The summed E-state index contributed by atoms with van der Waals surface area (Å²) < 4.78 is 1.84. The van der Waals surface area contributed by atoms with E-state index in [-0.39, 0.29) is 24.0 Å². The number of nitrogens with zero attached hydrogens (tertiary/aromatic N) is 3. The fourth-order valence-corrected chi connectivity index (χ4v) is 2.56. The summed E-state index contributed by atoms with van der Waals surface area (Å²) in [5.41, 5.74) is 1.14. The third kappa shape index (κ3) is 3.48. The third-order valence-corrected chi connectivity index (χ3v) is 3.88. The highest BCUT2D eigenvalue weighted by atomic mass is 16.4. The largest absolute Gasteiger partial charge is 0.481 e. The Morgan fingerprint density at radius 1 is 1.45 bits per heavy atom. The molecule has 0 spiro atoms. The van der Waals surface area contributed by atoms with Crippen LogP contribution < -0.4 is 0 Å². The van der Waals surface area contributed by atoms with Gasteiger partial charge in [-0.25, -0.2) is 0 Å².